The molecule has 0 atom stereocenters. The molecule has 2 heterocycles. The number of carbonyl (C=O) groups excluding carboxylic acids is 1. The molecular weight excluding hydrogens is 302 g/mol. The predicted molar refractivity (Wildman–Crippen MR) is 86.5 cm³/mol. The predicted octanol–water partition coefficient (Wildman–Crippen LogP) is 2.63. The Bertz CT molecular complexity index is 722. The van der Waals surface area contributed by atoms with Crippen LogP contribution in [0.25, 0.3) is 10.1 Å². The lowest BCUT2D eigenvalue weighted by Crippen LogP contribution is -2.43. The average molecular weight is 319 g/mol. The number of hydrogen-bond donors (Lipinski definition) is 1. The lowest BCUT2D eigenvalue weighted by atomic mass is 10.1. The van der Waals surface area contributed by atoms with Gasteiger partial charge in [0.2, 0.25) is 0 Å². The van der Waals surface area contributed by atoms with Gasteiger partial charge in [-0.05, 0) is 38.1 Å². The molecule has 0 radical (unpaired) electrons. The lowest BCUT2D eigenvalue weighted by molar-refractivity contribution is -0.384. The molecule has 1 saturated heterocycles. The molecule has 1 aromatic heterocycles. The topological polar surface area (TPSA) is 75.5 Å². The molecule has 116 valence electrons. The maximum absolute atomic E-state index is 12.6. The monoisotopic (exact) mass is 319 g/mol. The summed E-state index contributed by atoms with van der Waals surface area (Å²) in [6, 6.07) is 6.72. The lowest BCUT2D eigenvalue weighted by Gasteiger charge is -2.31. The average Bonchev–Trinajstić information content (AvgIpc) is 2.97. The highest BCUT2D eigenvalue weighted by molar-refractivity contribution is 7.20. The summed E-state index contributed by atoms with van der Waals surface area (Å²) < 4.78 is 0.896. The fourth-order valence-electron chi connectivity index (χ4n) is 2.78. The third kappa shape index (κ3) is 2.82. The summed E-state index contributed by atoms with van der Waals surface area (Å²) in [6.45, 7) is 1.86. The molecule has 0 aliphatic carbocycles. The van der Waals surface area contributed by atoms with Crippen molar-refractivity contribution < 1.29 is 9.72 Å². The van der Waals surface area contributed by atoms with Crippen LogP contribution in [0.4, 0.5) is 5.69 Å². The van der Waals surface area contributed by atoms with Gasteiger partial charge in [-0.25, -0.2) is 0 Å². The zero-order chi connectivity index (χ0) is 15.7. The number of benzene rings is 1. The highest BCUT2D eigenvalue weighted by Gasteiger charge is 2.24. The summed E-state index contributed by atoms with van der Waals surface area (Å²) in [5, 5.41) is 14.9. The summed E-state index contributed by atoms with van der Waals surface area (Å²) in [6.07, 6.45) is 1.91. The van der Waals surface area contributed by atoms with Gasteiger partial charge in [-0.2, -0.15) is 0 Å². The number of rotatable bonds is 3. The van der Waals surface area contributed by atoms with Crippen molar-refractivity contribution in [2.45, 2.75) is 18.9 Å². The van der Waals surface area contributed by atoms with E-state index in [2.05, 4.69) is 5.32 Å². The van der Waals surface area contributed by atoms with Gasteiger partial charge < -0.3 is 10.2 Å². The van der Waals surface area contributed by atoms with Crippen molar-refractivity contribution in [1.29, 1.82) is 0 Å². The molecule has 1 amide bonds. The quantitative estimate of drug-likeness (QED) is 0.697. The number of piperidine rings is 1. The molecule has 2 aromatic rings. The number of nitrogens with zero attached hydrogens (tertiary/aromatic N) is 2. The number of fused-ring (bicyclic) bond motifs is 1. The molecule has 0 bridgehead atoms. The molecular formula is C15H17N3O3S. The first-order valence-electron chi connectivity index (χ1n) is 7.22. The van der Waals surface area contributed by atoms with E-state index in [1.165, 1.54) is 23.5 Å². The van der Waals surface area contributed by atoms with Gasteiger partial charge in [0, 0.05) is 35.3 Å². The fraction of sp³-hybridized carbons (Fsp3) is 0.400. The molecule has 0 spiro atoms. The Kier molecular flexibility index (Phi) is 4.08. The Hall–Kier alpha value is -1.99. The Labute approximate surface area is 131 Å². The van der Waals surface area contributed by atoms with Gasteiger partial charge in [0.25, 0.3) is 11.6 Å². The SMILES string of the molecule is CN(C(=O)c1cc2cc([N+](=O)[O-])ccc2s1)C1CCNCC1. The van der Waals surface area contributed by atoms with Crippen LogP contribution in [0, 0.1) is 10.1 Å². The summed E-state index contributed by atoms with van der Waals surface area (Å²) in [5.41, 5.74) is 0.0519. The summed E-state index contributed by atoms with van der Waals surface area (Å²) in [7, 11) is 1.84. The molecule has 22 heavy (non-hydrogen) atoms. The van der Waals surface area contributed by atoms with Crippen molar-refractivity contribution in [3.05, 3.63) is 39.3 Å². The van der Waals surface area contributed by atoms with Gasteiger partial charge in [-0.15, -0.1) is 11.3 Å². The zero-order valence-electron chi connectivity index (χ0n) is 12.2. The Morgan fingerprint density at radius 2 is 2.09 bits per heavy atom. The van der Waals surface area contributed by atoms with E-state index in [0.29, 0.717) is 4.88 Å². The van der Waals surface area contributed by atoms with Crippen LogP contribution in [0.1, 0.15) is 22.5 Å². The minimum absolute atomic E-state index is 0.00393. The molecule has 0 saturated carbocycles. The number of thiophene rings is 1. The van der Waals surface area contributed by atoms with E-state index >= 15 is 0 Å². The van der Waals surface area contributed by atoms with Crippen LogP contribution >= 0.6 is 11.3 Å². The third-order valence-corrected chi connectivity index (χ3v) is 5.20. The van der Waals surface area contributed by atoms with Crippen molar-refractivity contribution in [1.82, 2.24) is 10.2 Å². The van der Waals surface area contributed by atoms with Crippen molar-refractivity contribution in [3.63, 3.8) is 0 Å². The van der Waals surface area contributed by atoms with E-state index < -0.39 is 4.92 Å². The van der Waals surface area contributed by atoms with Crippen molar-refractivity contribution in [3.8, 4) is 0 Å². The van der Waals surface area contributed by atoms with Crippen LogP contribution in [0.3, 0.4) is 0 Å². The first kappa shape index (κ1) is 14.9. The molecule has 0 unspecified atom stereocenters. The van der Waals surface area contributed by atoms with E-state index in [-0.39, 0.29) is 17.6 Å². The maximum atomic E-state index is 12.6. The summed E-state index contributed by atoms with van der Waals surface area (Å²) in [5.74, 6) is -0.00393. The minimum atomic E-state index is -0.417. The van der Waals surface area contributed by atoms with E-state index in [4.69, 9.17) is 0 Å². The van der Waals surface area contributed by atoms with Gasteiger partial charge in [0.15, 0.2) is 0 Å². The normalized spacial score (nSPS) is 15.9. The van der Waals surface area contributed by atoms with E-state index in [1.807, 2.05) is 7.05 Å². The van der Waals surface area contributed by atoms with Crippen molar-refractivity contribution >= 4 is 33.0 Å². The van der Waals surface area contributed by atoms with Gasteiger partial charge in [-0.1, -0.05) is 0 Å². The van der Waals surface area contributed by atoms with Gasteiger partial charge in [0.1, 0.15) is 0 Å². The number of amides is 1. The second-order valence-corrected chi connectivity index (χ2v) is 6.57. The van der Waals surface area contributed by atoms with E-state index in [9.17, 15) is 14.9 Å². The minimum Gasteiger partial charge on any atom is -0.338 e. The van der Waals surface area contributed by atoms with Crippen LogP contribution in [-0.4, -0.2) is 41.9 Å². The first-order chi connectivity index (χ1) is 10.6. The maximum Gasteiger partial charge on any atom is 0.270 e. The van der Waals surface area contributed by atoms with Crippen LogP contribution in [0.15, 0.2) is 24.3 Å². The first-order valence-corrected chi connectivity index (χ1v) is 8.04. The fourth-order valence-corrected chi connectivity index (χ4v) is 3.81. The van der Waals surface area contributed by atoms with Crippen LogP contribution < -0.4 is 5.32 Å². The molecule has 1 aliphatic heterocycles. The second-order valence-electron chi connectivity index (χ2n) is 5.49. The largest absolute Gasteiger partial charge is 0.338 e. The smallest absolute Gasteiger partial charge is 0.270 e. The molecule has 1 N–H and O–H groups in total. The van der Waals surface area contributed by atoms with E-state index in [1.54, 1.807) is 17.0 Å². The molecule has 1 aliphatic rings. The molecule has 1 fully saturated rings. The van der Waals surface area contributed by atoms with Crippen LogP contribution in [0.2, 0.25) is 0 Å². The summed E-state index contributed by atoms with van der Waals surface area (Å²) in [4.78, 5) is 25.5. The third-order valence-electron chi connectivity index (χ3n) is 4.10. The van der Waals surface area contributed by atoms with Gasteiger partial charge in [0.05, 0.1) is 9.80 Å². The number of non-ortho nitro benzene ring substituents is 1. The number of carbonyl (C=O) groups is 1. The second kappa shape index (κ2) is 6.02. The van der Waals surface area contributed by atoms with Gasteiger partial charge >= 0.3 is 0 Å². The van der Waals surface area contributed by atoms with Crippen molar-refractivity contribution in [2.75, 3.05) is 20.1 Å². The number of hydrogen-bond acceptors (Lipinski definition) is 5. The highest BCUT2D eigenvalue weighted by atomic mass is 32.1. The Morgan fingerprint density at radius 1 is 1.36 bits per heavy atom. The Morgan fingerprint density at radius 3 is 2.77 bits per heavy atom. The molecule has 3 rings (SSSR count). The van der Waals surface area contributed by atoms with Crippen molar-refractivity contribution in [2.24, 2.45) is 0 Å². The number of nitro benzene ring substituents is 1. The number of nitrogens with one attached hydrogen (secondary N) is 1. The van der Waals surface area contributed by atoms with Gasteiger partial charge in [-0.3, -0.25) is 14.9 Å². The van der Waals surface area contributed by atoms with E-state index in [0.717, 1.165) is 36.0 Å². The molecule has 6 nitrogen and oxygen atoms in total. The Balaban J connectivity index is 1.85. The highest BCUT2D eigenvalue weighted by Crippen LogP contribution is 2.30. The zero-order valence-corrected chi connectivity index (χ0v) is 13.1. The summed E-state index contributed by atoms with van der Waals surface area (Å²) >= 11 is 1.39. The standard InChI is InChI=1S/C15H17N3O3S/c1-17(11-4-6-16-7-5-11)15(19)14-9-10-8-12(18(20)21)2-3-13(10)22-14/h2-3,8-9,11,16H,4-7H2,1H3. The number of nitro groups is 1. The van der Waals surface area contributed by atoms with Crippen LogP contribution in [-0.2, 0) is 0 Å². The van der Waals surface area contributed by atoms with Crippen LogP contribution in [0.5, 0.6) is 0 Å². The molecule has 7 heteroatoms. The molecule has 1 aromatic carbocycles.